The van der Waals surface area contributed by atoms with Gasteiger partial charge in [-0.15, -0.1) is 0 Å². The van der Waals surface area contributed by atoms with Gasteiger partial charge in [0.1, 0.15) is 5.82 Å². The van der Waals surface area contributed by atoms with Gasteiger partial charge in [0.2, 0.25) is 0 Å². The Balaban J connectivity index is 1.43. The van der Waals surface area contributed by atoms with Gasteiger partial charge in [-0.1, -0.05) is 12.1 Å². The summed E-state index contributed by atoms with van der Waals surface area (Å²) in [6.07, 6.45) is 4.34. The topological polar surface area (TPSA) is 67.8 Å². The van der Waals surface area contributed by atoms with E-state index in [1.807, 2.05) is 35.4 Å². The number of carbonyl (C=O) groups is 1. The predicted molar refractivity (Wildman–Crippen MR) is 109 cm³/mol. The fraction of sp³-hybridized carbons (Fsp3) is 0.500. The minimum atomic E-state index is -0.597. The highest BCUT2D eigenvalue weighted by molar-refractivity contribution is 5.81. The summed E-state index contributed by atoms with van der Waals surface area (Å²) in [5.74, 6) is 2.06. The van der Waals surface area contributed by atoms with E-state index in [-0.39, 0.29) is 5.91 Å². The first-order valence-electron chi connectivity index (χ1n) is 10.2. The highest BCUT2D eigenvalue weighted by Crippen LogP contribution is 2.30. The average molecular weight is 396 g/mol. The lowest BCUT2D eigenvalue weighted by Crippen LogP contribution is -2.43. The Kier molecular flexibility index (Phi) is 5.67. The molecule has 0 unspecified atom stereocenters. The molecule has 1 amide bonds. The van der Waals surface area contributed by atoms with Crippen molar-refractivity contribution in [2.24, 2.45) is 0 Å². The lowest BCUT2D eigenvalue weighted by Gasteiger charge is -2.31. The van der Waals surface area contributed by atoms with Crippen LogP contribution in [-0.4, -0.2) is 59.0 Å². The van der Waals surface area contributed by atoms with Gasteiger partial charge in [-0.3, -0.25) is 9.69 Å². The smallest absolute Gasteiger partial charge is 0.263 e. The maximum atomic E-state index is 12.9. The van der Waals surface area contributed by atoms with Crippen LogP contribution in [0.25, 0.3) is 0 Å². The SMILES string of the molecule is COc1ccccc1O[C@H](C)C(=O)N1CCc2nc([C@H]3CCCN3C)ncc2C1. The molecule has 4 rings (SSSR count). The lowest BCUT2D eigenvalue weighted by atomic mass is 10.1. The van der Waals surface area contributed by atoms with E-state index < -0.39 is 6.10 Å². The van der Waals surface area contributed by atoms with Crippen LogP contribution in [0.2, 0.25) is 0 Å². The van der Waals surface area contributed by atoms with Gasteiger partial charge < -0.3 is 14.4 Å². The molecule has 0 saturated carbocycles. The molecule has 1 fully saturated rings. The van der Waals surface area contributed by atoms with E-state index in [0.29, 0.717) is 30.6 Å². The normalized spacial score (nSPS) is 20.2. The van der Waals surface area contributed by atoms with Crippen molar-refractivity contribution in [1.82, 2.24) is 19.8 Å². The van der Waals surface area contributed by atoms with E-state index in [9.17, 15) is 4.79 Å². The molecule has 1 aromatic carbocycles. The first kappa shape index (κ1) is 19.6. The zero-order valence-corrected chi connectivity index (χ0v) is 17.3. The van der Waals surface area contributed by atoms with E-state index in [1.54, 1.807) is 14.0 Å². The number of hydrogen-bond donors (Lipinski definition) is 0. The number of carbonyl (C=O) groups excluding carboxylic acids is 1. The molecule has 0 bridgehead atoms. The summed E-state index contributed by atoms with van der Waals surface area (Å²) in [7, 11) is 3.72. The van der Waals surface area contributed by atoms with Crippen molar-refractivity contribution < 1.29 is 14.3 Å². The van der Waals surface area contributed by atoms with Crippen LogP contribution in [0.1, 0.15) is 42.9 Å². The van der Waals surface area contributed by atoms with Crippen LogP contribution < -0.4 is 9.47 Å². The quantitative estimate of drug-likeness (QED) is 0.774. The predicted octanol–water partition coefficient (Wildman–Crippen LogP) is 2.60. The standard InChI is InChI=1S/C22H28N4O3/c1-15(29-20-9-5-4-8-19(20)28-3)22(27)26-12-10-17-16(14-26)13-23-21(24-17)18-7-6-11-25(18)2/h4-5,8-9,13,15,18H,6-7,10-12,14H2,1-3H3/t15-,18-/m1/s1. The fourth-order valence-electron chi connectivity index (χ4n) is 4.13. The minimum absolute atomic E-state index is 0.0406. The number of fused-ring (bicyclic) bond motifs is 1. The second kappa shape index (κ2) is 8.37. The Hall–Kier alpha value is -2.67. The zero-order chi connectivity index (χ0) is 20.4. The van der Waals surface area contributed by atoms with Crippen molar-refractivity contribution in [1.29, 1.82) is 0 Å². The first-order chi connectivity index (χ1) is 14.1. The number of rotatable bonds is 5. The fourth-order valence-corrected chi connectivity index (χ4v) is 4.13. The highest BCUT2D eigenvalue weighted by Gasteiger charge is 2.30. The van der Waals surface area contributed by atoms with Gasteiger partial charge in [0.15, 0.2) is 17.6 Å². The number of methoxy groups -OCH3 is 1. The molecule has 0 aliphatic carbocycles. The third kappa shape index (κ3) is 4.05. The molecule has 0 radical (unpaired) electrons. The summed E-state index contributed by atoms with van der Waals surface area (Å²) in [5, 5.41) is 0. The molecule has 2 aromatic rings. The van der Waals surface area contributed by atoms with Gasteiger partial charge >= 0.3 is 0 Å². The second-order valence-corrected chi connectivity index (χ2v) is 7.76. The van der Waals surface area contributed by atoms with Gasteiger partial charge in [0, 0.05) is 31.3 Å². The third-order valence-electron chi connectivity index (χ3n) is 5.80. The van der Waals surface area contributed by atoms with E-state index >= 15 is 0 Å². The number of amides is 1. The summed E-state index contributed by atoms with van der Waals surface area (Å²) in [6.45, 7) is 4.04. The average Bonchev–Trinajstić information content (AvgIpc) is 3.18. The molecule has 2 aliphatic heterocycles. The molecule has 3 heterocycles. The number of likely N-dealkylation sites (tertiary alicyclic amines) is 1. The van der Waals surface area contributed by atoms with Gasteiger partial charge in [-0.25, -0.2) is 9.97 Å². The number of benzene rings is 1. The van der Waals surface area contributed by atoms with Crippen LogP contribution in [0.15, 0.2) is 30.5 Å². The molecule has 7 nitrogen and oxygen atoms in total. The molecule has 29 heavy (non-hydrogen) atoms. The molecule has 154 valence electrons. The Morgan fingerprint density at radius 1 is 1.24 bits per heavy atom. The molecule has 1 saturated heterocycles. The molecular formula is C22H28N4O3. The molecule has 0 spiro atoms. The van der Waals surface area contributed by atoms with Gasteiger partial charge in [-0.2, -0.15) is 0 Å². The summed E-state index contributed by atoms with van der Waals surface area (Å²) in [6, 6.07) is 7.68. The van der Waals surface area contributed by atoms with Crippen LogP contribution in [0, 0.1) is 0 Å². The number of nitrogens with zero attached hydrogens (tertiary/aromatic N) is 4. The minimum Gasteiger partial charge on any atom is -0.493 e. The summed E-state index contributed by atoms with van der Waals surface area (Å²) in [4.78, 5) is 26.5. The maximum Gasteiger partial charge on any atom is 0.263 e. The molecule has 0 N–H and O–H groups in total. The van der Waals surface area contributed by atoms with Crippen molar-refractivity contribution in [2.75, 3.05) is 27.2 Å². The van der Waals surface area contributed by atoms with Gasteiger partial charge in [-0.05, 0) is 45.5 Å². The van der Waals surface area contributed by atoms with Crippen molar-refractivity contribution in [3.05, 3.63) is 47.5 Å². The highest BCUT2D eigenvalue weighted by atomic mass is 16.5. The Morgan fingerprint density at radius 2 is 2.03 bits per heavy atom. The summed E-state index contributed by atoms with van der Waals surface area (Å²) in [5.41, 5.74) is 2.09. The second-order valence-electron chi connectivity index (χ2n) is 7.76. The van der Waals surface area contributed by atoms with Crippen molar-refractivity contribution in [2.45, 2.75) is 44.9 Å². The van der Waals surface area contributed by atoms with E-state index in [4.69, 9.17) is 14.5 Å². The van der Waals surface area contributed by atoms with Crippen LogP contribution in [0.4, 0.5) is 0 Å². The summed E-state index contributed by atoms with van der Waals surface area (Å²) < 4.78 is 11.2. The maximum absolute atomic E-state index is 12.9. The van der Waals surface area contributed by atoms with E-state index in [2.05, 4.69) is 16.9 Å². The molecule has 7 heteroatoms. The van der Waals surface area contributed by atoms with Crippen molar-refractivity contribution in [3.8, 4) is 11.5 Å². The number of hydrogen-bond acceptors (Lipinski definition) is 6. The van der Waals surface area contributed by atoms with Crippen LogP contribution >= 0.6 is 0 Å². The van der Waals surface area contributed by atoms with Crippen LogP contribution in [0.3, 0.4) is 0 Å². The largest absolute Gasteiger partial charge is 0.493 e. The Labute approximate surface area is 171 Å². The number of aromatic nitrogens is 2. The van der Waals surface area contributed by atoms with Gasteiger partial charge in [0.25, 0.3) is 5.91 Å². The number of para-hydroxylation sites is 2. The van der Waals surface area contributed by atoms with Gasteiger partial charge in [0.05, 0.1) is 18.8 Å². The van der Waals surface area contributed by atoms with E-state index in [1.165, 1.54) is 6.42 Å². The third-order valence-corrected chi connectivity index (χ3v) is 5.80. The molecular weight excluding hydrogens is 368 g/mol. The molecule has 1 aromatic heterocycles. The first-order valence-corrected chi connectivity index (χ1v) is 10.2. The van der Waals surface area contributed by atoms with Crippen molar-refractivity contribution in [3.63, 3.8) is 0 Å². The Morgan fingerprint density at radius 3 is 2.76 bits per heavy atom. The van der Waals surface area contributed by atoms with E-state index in [0.717, 1.165) is 36.5 Å². The summed E-state index contributed by atoms with van der Waals surface area (Å²) >= 11 is 0. The Bertz CT molecular complexity index is 888. The zero-order valence-electron chi connectivity index (χ0n) is 17.3. The number of ether oxygens (including phenoxy) is 2. The monoisotopic (exact) mass is 396 g/mol. The van der Waals surface area contributed by atoms with Crippen LogP contribution in [-0.2, 0) is 17.8 Å². The molecule has 2 atom stereocenters. The van der Waals surface area contributed by atoms with Crippen LogP contribution in [0.5, 0.6) is 11.5 Å². The lowest BCUT2D eigenvalue weighted by molar-refractivity contribution is -0.139. The molecule has 2 aliphatic rings. The van der Waals surface area contributed by atoms with Crippen molar-refractivity contribution >= 4 is 5.91 Å².